The molecule has 3 N–H and O–H groups in total. The molecule has 1 atom stereocenters. The molecule has 1 aliphatic rings. The van der Waals surface area contributed by atoms with E-state index in [0.29, 0.717) is 13.1 Å². The molecule has 122 valence electrons. The monoisotopic (exact) mass is 323 g/mol. The lowest BCUT2D eigenvalue weighted by molar-refractivity contribution is -0.127. The van der Waals surface area contributed by atoms with Gasteiger partial charge in [0.2, 0.25) is 5.91 Å². The number of hydrogen-bond acceptors (Lipinski definition) is 3. The zero-order valence-electron chi connectivity index (χ0n) is 13.1. The van der Waals surface area contributed by atoms with Crippen LogP contribution >= 0.6 is 11.3 Å². The molecule has 0 bridgehead atoms. The highest BCUT2D eigenvalue weighted by molar-refractivity contribution is 7.07. The van der Waals surface area contributed by atoms with E-state index in [2.05, 4.69) is 27.4 Å². The maximum atomic E-state index is 11.7. The largest absolute Gasteiger partial charge is 0.356 e. The number of amides is 3. The lowest BCUT2D eigenvalue weighted by Crippen LogP contribution is -2.42. The molecule has 1 saturated carbocycles. The summed E-state index contributed by atoms with van der Waals surface area (Å²) in [6.45, 7) is 3.19. The Morgan fingerprint density at radius 1 is 1.32 bits per heavy atom. The van der Waals surface area contributed by atoms with Crippen LogP contribution in [0.3, 0.4) is 0 Å². The standard InChI is InChI=1S/C16H25N3O2S/c1-12(10-13-6-9-22-11-13)19-16(21)18-8-3-7-17-15(20)14-4-2-5-14/h6,9,11-12,14H,2-5,7-8,10H2,1H3,(H,17,20)(H2,18,19,21)/t12-/m0/s1. The molecular formula is C16H25N3O2S. The third-order valence-corrected chi connectivity index (χ3v) is 4.65. The van der Waals surface area contributed by atoms with Crippen molar-refractivity contribution in [1.82, 2.24) is 16.0 Å². The van der Waals surface area contributed by atoms with Gasteiger partial charge < -0.3 is 16.0 Å². The average molecular weight is 323 g/mol. The lowest BCUT2D eigenvalue weighted by atomic mass is 9.85. The minimum atomic E-state index is -0.145. The van der Waals surface area contributed by atoms with Crippen LogP contribution in [-0.4, -0.2) is 31.1 Å². The lowest BCUT2D eigenvalue weighted by Gasteiger charge is -2.24. The normalized spacial score (nSPS) is 15.7. The molecule has 1 aromatic heterocycles. The average Bonchev–Trinajstić information content (AvgIpc) is 2.88. The van der Waals surface area contributed by atoms with Crippen molar-refractivity contribution in [2.45, 2.75) is 45.1 Å². The zero-order valence-corrected chi connectivity index (χ0v) is 13.9. The SMILES string of the molecule is C[C@@H](Cc1ccsc1)NC(=O)NCCCNC(=O)C1CCC1. The quantitative estimate of drug-likeness (QED) is 0.642. The minimum absolute atomic E-state index is 0.105. The van der Waals surface area contributed by atoms with Crippen molar-refractivity contribution in [1.29, 1.82) is 0 Å². The number of carbonyl (C=O) groups excluding carboxylic acids is 2. The molecule has 22 heavy (non-hydrogen) atoms. The second kappa shape index (κ2) is 8.78. The van der Waals surface area contributed by atoms with Crippen LogP contribution in [0.5, 0.6) is 0 Å². The first-order chi connectivity index (χ1) is 10.6. The molecule has 3 amide bonds. The van der Waals surface area contributed by atoms with Crippen molar-refractivity contribution in [2.24, 2.45) is 5.92 Å². The fraction of sp³-hybridized carbons (Fsp3) is 0.625. The number of thiophene rings is 1. The van der Waals surface area contributed by atoms with Gasteiger partial charge in [-0.05, 0) is 55.0 Å². The highest BCUT2D eigenvalue weighted by Gasteiger charge is 2.24. The van der Waals surface area contributed by atoms with Crippen molar-refractivity contribution in [3.63, 3.8) is 0 Å². The Hall–Kier alpha value is -1.56. The van der Waals surface area contributed by atoms with Gasteiger partial charge in [-0.2, -0.15) is 11.3 Å². The molecule has 1 aliphatic carbocycles. The van der Waals surface area contributed by atoms with Crippen LogP contribution in [0.15, 0.2) is 16.8 Å². The molecule has 5 nitrogen and oxygen atoms in total. The Morgan fingerprint density at radius 3 is 2.73 bits per heavy atom. The van der Waals surface area contributed by atoms with Crippen LogP contribution in [0.4, 0.5) is 4.79 Å². The van der Waals surface area contributed by atoms with E-state index in [-0.39, 0.29) is 23.9 Å². The van der Waals surface area contributed by atoms with Crippen molar-refractivity contribution in [3.05, 3.63) is 22.4 Å². The fourth-order valence-corrected chi connectivity index (χ4v) is 3.09. The summed E-state index contributed by atoms with van der Waals surface area (Å²) in [5.41, 5.74) is 1.25. The molecule has 2 rings (SSSR count). The third kappa shape index (κ3) is 5.67. The predicted octanol–water partition coefficient (Wildman–Crippen LogP) is 2.28. The first-order valence-corrected chi connectivity index (χ1v) is 8.92. The van der Waals surface area contributed by atoms with Crippen LogP contribution in [0.2, 0.25) is 0 Å². The molecule has 0 unspecified atom stereocenters. The van der Waals surface area contributed by atoms with Gasteiger partial charge in [0.05, 0.1) is 0 Å². The summed E-state index contributed by atoms with van der Waals surface area (Å²) in [4.78, 5) is 23.3. The number of hydrogen-bond donors (Lipinski definition) is 3. The number of urea groups is 1. The number of nitrogens with one attached hydrogen (secondary N) is 3. The summed E-state index contributed by atoms with van der Waals surface area (Å²) < 4.78 is 0. The summed E-state index contributed by atoms with van der Waals surface area (Å²) in [6.07, 6.45) is 4.81. The molecule has 0 aromatic carbocycles. The highest BCUT2D eigenvalue weighted by Crippen LogP contribution is 2.25. The van der Waals surface area contributed by atoms with E-state index in [4.69, 9.17) is 0 Å². The second-order valence-electron chi connectivity index (χ2n) is 5.91. The molecule has 0 saturated heterocycles. The number of rotatable bonds is 8. The van der Waals surface area contributed by atoms with E-state index in [0.717, 1.165) is 25.7 Å². The van der Waals surface area contributed by atoms with E-state index in [1.54, 1.807) is 11.3 Å². The van der Waals surface area contributed by atoms with Gasteiger partial charge in [-0.15, -0.1) is 0 Å². The van der Waals surface area contributed by atoms with Crippen LogP contribution in [0.25, 0.3) is 0 Å². The fourth-order valence-electron chi connectivity index (χ4n) is 2.40. The smallest absolute Gasteiger partial charge is 0.315 e. The molecule has 0 spiro atoms. The first kappa shape index (κ1) is 16.8. The summed E-state index contributed by atoms with van der Waals surface area (Å²) >= 11 is 1.67. The summed E-state index contributed by atoms with van der Waals surface area (Å²) in [5.74, 6) is 0.397. The molecule has 0 aliphatic heterocycles. The van der Waals surface area contributed by atoms with Crippen LogP contribution in [0, 0.1) is 5.92 Å². The Morgan fingerprint density at radius 2 is 2.09 bits per heavy atom. The van der Waals surface area contributed by atoms with E-state index < -0.39 is 0 Å². The van der Waals surface area contributed by atoms with Crippen molar-refractivity contribution in [3.8, 4) is 0 Å². The van der Waals surface area contributed by atoms with E-state index in [1.165, 1.54) is 12.0 Å². The predicted molar refractivity (Wildman–Crippen MR) is 89.0 cm³/mol. The Kier molecular flexibility index (Phi) is 6.71. The van der Waals surface area contributed by atoms with Crippen LogP contribution < -0.4 is 16.0 Å². The van der Waals surface area contributed by atoms with Crippen molar-refractivity contribution in [2.75, 3.05) is 13.1 Å². The molecule has 1 aromatic rings. The van der Waals surface area contributed by atoms with Gasteiger partial charge in [-0.25, -0.2) is 4.79 Å². The molecule has 1 fully saturated rings. The van der Waals surface area contributed by atoms with Gasteiger partial charge in [0.1, 0.15) is 0 Å². The van der Waals surface area contributed by atoms with Crippen molar-refractivity contribution >= 4 is 23.3 Å². The second-order valence-corrected chi connectivity index (χ2v) is 6.69. The van der Waals surface area contributed by atoms with Gasteiger partial charge in [-0.1, -0.05) is 6.42 Å². The zero-order chi connectivity index (χ0) is 15.8. The van der Waals surface area contributed by atoms with Gasteiger partial charge in [0.25, 0.3) is 0 Å². The van der Waals surface area contributed by atoms with Crippen LogP contribution in [0.1, 0.15) is 38.2 Å². The third-order valence-electron chi connectivity index (χ3n) is 3.91. The van der Waals surface area contributed by atoms with Gasteiger partial charge in [-0.3, -0.25) is 4.79 Å². The Bertz CT molecular complexity index is 472. The van der Waals surface area contributed by atoms with Gasteiger partial charge in [0, 0.05) is 25.0 Å². The number of carbonyl (C=O) groups is 2. The Balaban J connectivity index is 1.49. The molecule has 6 heteroatoms. The summed E-state index contributed by atoms with van der Waals surface area (Å²) in [5, 5.41) is 12.8. The topological polar surface area (TPSA) is 70.2 Å². The summed E-state index contributed by atoms with van der Waals surface area (Å²) in [6, 6.07) is 2.03. The minimum Gasteiger partial charge on any atom is -0.356 e. The first-order valence-electron chi connectivity index (χ1n) is 7.98. The van der Waals surface area contributed by atoms with E-state index >= 15 is 0 Å². The Labute approximate surface area is 135 Å². The highest BCUT2D eigenvalue weighted by atomic mass is 32.1. The molecular weight excluding hydrogens is 298 g/mol. The summed E-state index contributed by atoms with van der Waals surface area (Å²) in [7, 11) is 0. The maximum absolute atomic E-state index is 11.7. The van der Waals surface area contributed by atoms with Crippen LogP contribution in [-0.2, 0) is 11.2 Å². The van der Waals surface area contributed by atoms with Gasteiger partial charge >= 0.3 is 6.03 Å². The van der Waals surface area contributed by atoms with E-state index in [1.807, 2.05) is 12.3 Å². The maximum Gasteiger partial charge on any atom is 0.315 e. The van der Waals surface area contributed by atoms with Crippen molar-refractivity contribution < 1.29 is 9.59 Å². The molecule has 0 radical (unpaired) electrons. The van der Waals surface area contributed by atoms with E-state index in [9.17, 15) is 9.59 Å². The van der Waals surface area contributed by atoms with Gasteiger partial charge in [0.15, 0.2) is 0 Å². The molecule has 1 heterocycles.